The van der Waals surface area contributed by atoms with Gasteiger partial charge < -0.3 is 5.32 Å². The highest BCUT2D eigenvalue weighted by Gasteiger charge is 2.35. The van der Waals surface area contributed by atoms with Gasteiger partial charge in [-0.25, -0.2) is 0 Å². The second-order valence-electron chi connectivity index (χ2n) is 3.92. The Morgan fingerprint density at radius 2 is 2.06 bits per heavy atom. The zero-order valence-corrected chi connectivity index (χ0v) is 9.37. The molecule has 0 amide bonds. The number of alkyl halides is 3. The third-order valence-electron chi connectivity index (χ3n) is 2.72. The quantitative estimate of drug-likeness (QED) is 0.893. The maximum absolute atomic E-state index is 12.2. The fourth-order valence-electron chi connectivity index (χ4n) is 1.57. The van der Waals surface area contributed by atoms with Gasteiger partial charge >= 0.3 is 6.18 Å². The minimum atomic E-state index is -4.38. The molecule has 1 aliphatic rings. The Hall–Kier alpha value is -0.850. The van der Waals surface area contributed by atoms with Crippen molar-refractivity contribution in [1.29, 1.82) is 0 Å². The summed E-state index contributed by atoms with van der Waals surface area (Å²) in [5.74, 6) is 0.738. The molecule has 0 bridgehead atoms. The van der Waals surface area contributed by atoms with Gasteiger partial charge in [0.05, 0.1) is 0 Å². The molecule has 90 valence electrons. The van der Waals surface area contributed by atoms with Crippen molar-refractivity contribution in [2.75, 3.05) is 11.9 Å². The predicted octanol–water partition coefficient (Wildman–Crippen LogP) is 3.16. The van der Waals surface area contributed by atoms with Crippen LogP contribution in [0.4, 0.5) is 18.3 Å². The molecule has 1 fully saturated rings. The molecule has 0 saturated heterocycles. The van der Waals surface area contributed by atoms with Crippen LogP contribution in [0.5, 0.6) is 0 Å². The van der Waals surface area contributed by atoms with Gasteiger partial charge in [-0.15, -0.1) is 10.2 Å². The molecular weight excluding hydrogens is 239 g/mol. The Labute approximate surface area is 95.1 Å². The van der Waals surface area contributed by atoms with Crippen LogP contribution in [-0.2, 0) is 6.18 Å². The highest BCUT2D eigenvalue weighted by atomic mass is 32.1. The van der Waals surface area contributed by atoms with Crippen molar-refractivity contribution in [3.05, 3.63) is 5.01 Å². The molecule has 1 saturated carbocycles. The molecule has 1 N–H and O–H groups in total. The molecule has 0 atom stereocenters. The molecule has 0 aliphatic heterocycles. The predicted molar refractivity (Wildman–Crippen MR) is 55.4 cm³/mol. The number of nitrogens with zero attached hydrogens (tertiary/aromatic N) is 2. The van der Waals surface area contributed by atoms with Gasteiger partial charge in [-0.05, 0) is 12.3 Å². The molecule has 0 radical (unpaired) electrons. The van der Waals surface area contributed by atoms with E-state index in [0.29, 0.717) is 17.9 Å². The number of rotatable bonds is 4. The van der Waals surface area contributed by atoms with Crippen molar-refractivity contribution in [2.24, 2.45) is 5.92 Å². The van der Waals surface area contributed by atoms with Crippen LogP contribution in [0.3, 0.4) is 0 Å². The molecule has 1 aromatic rings. The minimum Gasteiger partial charge on any atom is -0.360 e. The summed E-state index contributed by atoms with van der Waals surface area (Å²) in [6, 6.07) is 0. The third kappa shape index (κ3) is 2.84. The summed E-state index contributed by atoms with van der Waals surface area (Å²) in [6.07, 6.45) is 0.380. The highest BCUT2D eigenvalue weighted by Crippen LogP contribution is 2.33. The summed E-state index contributed by atoms with van der Waals surface area (Å²) in [5, 5.41) is 8.81. The summed E-state index contributed by atoms with van der Waals surface area (Å²) in [6.45, 7) is 0.678. The van der Waals surface area contributed by atoms with Gasteiger partial charge in [0.1, 0.15) is 0 Å². The van der Waals surface area contributed by atoms with Crippen LogP contribution in [0.15, 0.2) is 0 Å². The van der Waals surface area contributed by atoms with E-state index in [9.17, 15) is 13.2 Å². The number of aromatic nitrogens is 2. The van der Waals surface area contributed by atoms with Gasteiger partial charge in [-0.2, -0.15) is 13.2 Å². The topological polar surface area (TPSA) is 37.8 Å². The van der Waals surface area contributed by atoms with Gasteiger partial charge in [-0.1, -0.05) is 30.6 Å². The van der Waals surface area contributed by atoms with Gasteiger partial charge in [0.25, 0.3) is 0 Å². The number of halogens is 3. The molecule has 3 nitrogen and oxygen atoms in total. The second-order valence-corrected chi connectivity index (χ2v) is 4.90. The average Bonchev–Trinajstić information content (AvgIpc) is 2.56. The fourth-order valence-corrected chi connectivity index (χ4v) is 2.21. The van der Waals surface area contributed by atoms with E-state index in [2.05, 4.69) is 15.5 Å². The van der Waals surface area contributed by atoms with E-state index in [1.807, 2.05) is 0 Å². The smallest absolute Gasteiger partial charge is 0.360 e. The lowest BCUT2D eigenvalue weighted by atomic mass is 9.83. The Bertz CT molecular complexity index is 346. The van der Waals surface area contributed by atoms with E-state index in [4.69, 9.17) is 0 Å². The molecule has 1 heterocycles. The Morgan fingerprint density at radius 3 is 2.56 bits per heavy atom. The van der Waals surface area contributed by atoms with Crippen molar-refractivity contribution in [1.82, 2.24) is 10.2 Å². The summed E-state index contributed by atoms with van der Waals surface area (Å²) in [7, 11) is 0. The first-order valence-corrected chi connectivity index (χ1v) is 6.02. The highest BCUT2D eigenvalue weighted by molar-refractivity contribution is 7.15. The molecule has 0 aromatic carbocycles. The minimum absolute atomic E-state index is 0.256. The molecule has 0 unspecified atom stereocenters. The zero-order chi connectivity index (χ0) is 11.6. The van der Waals surface area contributed by atoms with Crippen molar-refractivity contribution >= 4 is 16.5 Å². The van der Waals surface area contributed by atoms with Crippen LogP contribution in [0.2, 0.25) is 0 Å². The van der Waals surface area contributed by atoms with E-state index in [-0.39, 0.29) is 5.13 Å². The van der Waals surface area contributed by atoms with Gasteiger partial charge in [-0.3, -0.25) is 0 Å². The standard InChI is InChI=1S/C9H12F3N3S/c10-9(11,12)7-14-15-8(16-7)13-5-4-6-2-1-3-6/h6H,1-5H2,(H,13,15). The van der Waals surface area contributed by atoms with Crippen molar-refractivity contribution in [2.45, 2.75) is 31.9 Å². The average molecular weight is 251 g/mol. The monoisotopic (exact) mass is 251 g/mol. The summed E-state index contributed by atoms with van der Waals surface area (Å²) < 4.78 is 36.6. The van der Waals surface area contributed by atoms with Crippen LogP contribution < -0.4 is 5.32 Å². The third-order valence-corrected chi connectivity index (χ3v) is 3.65. The maximum Gasteiger partial charge on any atom is 0.445 e. The van der Waals surface area contributed by atoms with Gasteiger partial charge in [0, 0.05) is 6.54 Å². The molecule has 7 heteroatoms. The number of nitrogens with one attached hydrogen (secondary N) is 1. The van der Waals surface area contributed by atoms with E-state index >= 15 is 0 Å². The number of anilines is 1. The molecule has 0 spiro atoms. The lowest BCUT2D eigenvalue weighted by molar-refractivity contribution is -0.138. The molecule has 1 aromatic heterocycles. The fraction of sp³-hybridized carbons (Fsp3) is 0.778. The first-order valence-electron chi connectivity index (χ1n) is 5.20. The second kappa shape index (κ2) is 4.57. The number of hydrogen-bond acceptors (Lipinski definition) is 4. The van der Waals surface area contributed by atoms with Crippen LogP contribution in [-0.4, -0.2) is 16.7 Å². The van der Waals surface area contributed by atoms with Crippen molar-refractivity contribution in [3.8, 4) is 0 Å². The van der Waals surface area contributed by atoms with Crippen LogP contribution in [0.25, 0.3) is 0 Å². The lowest BCUT2D eigenvalue weighted by Crippen LogP contribution is -2.15. The van der Waals surface area contributed by atoms with Gasteiger partial charge in [0.2, 0.25) is 10.1 Å². The summed E-state index contributed by atoms with van der Waals surface area (Å²) >= 11 is 0.559. The molecule has 1 aliphatic carbocycles. The Morgan fingerprint density at radius 1 is 1.31 bits per heavy atom. The van der Waals surface area contributed by atoms with E-state index in [1.165, 1.54) is 19.3 Å². The van der Waals surface area contributed by atoms with E-state index < -0.39 is 11.2 Å². The summed E-state index contributed by atoms with van der Waals surface area (Å²) in [4.78, 5) is 0. The molecular formula is C9H12F3N3S. The molecule has 2 rings (SSSR count). The maximum atomic E-state index is 12.2. The number of hydrogen-bond donors (Lipinski definition) is 1. The first-order chi connectivity index (χ1) is 7.55. The zero-order valence-electron chi connectivity index (χ0n) is 8.55. The first kappa shape index (κ1) is 11.6. The Balaban J connectivity index is 1.78. The van der Waals surface area contributed by atoms with E-state index in [1.54, 1.807) is 0 Å². The SMILES string of the molecule is FC(F)(F)c1nnc(NCCC2CCC2)s1. The Kier molecular flexibility index (Phi) is 3.32. The molecule has 16 heavy (non-hydrogen) atoms. The normalized spacial score (nSPS) is 17.2. The summed E-state index contributed by atoms with van der Waals surface area (Å²) in [5.41, 5.74) is 0. The van der Waals surface area contributed by atoms with Crippen LogP contribution >= 0.6 is 11.3 Å². The largest absolute Gasteiger partial charge is 0.445 e. The lowest BCUT2D eigenvalue weighted by Gasteiger charge is -2.24. The van der Waals surface area contributed by atoms with Crippen molar-refractivity contribution < 1.29 is 13.2 Å². The van der Waals surface area contributed by atoms with Crippen molar-refractivity contribution in [3.63, 3.8) is 0 Å². The van der Waals surface area contributed by atoms with Crippen LogP contribution in [0.1, 0.15) is 30.7 Å². The van der Waals surface area contributed by atoms with E-state index in [0.717, 1.165) is 12.3 Å². The van der Waals surface area contributed by atoms with Crippen LogP contribution in [0, 0.1) is 5.92 Å². The van der Waals surface area contributed by atoms with Gasteiger partial charge in [0.15, 0.2) is 0 Å².